The summed E-state index contributed by atoms with van der Waals surface area (Å²) in [4.78, 5) is 23.8. The summed E-state index contributed by atoms with van der Waals surface area (Å²) in [6.07, 6.45) is -1.94. The third-order valence-corrected chi connectivity index (χ3v) is 2.76. The van der Waals surface area contributed by atoms with E-state index in [4.69, 9.17) is 5.11 Å². The van der Waals surface area contributed by atoms with Crippen molar-refractivity contribution >= 4 is 12.0 Å². The van der Waals surface area contributed by atoms with Crippen molar-refractivity contribution in [2.24, 2.45) is 5.92 Å². The van der Waals surface area contributed by atoms with Gasteiger partial charge in [0.1, 0.15) is 6.04 Å². The minimum Gasteiger partial charge on any atom is -0.480 e. The van der Waals surface area contributed by atoms with Crippen LogP contribution < -0.4 is 5.32 Å². The molecule has 0 aliphatic carbocycles. The largest absolute Gasteiger partial charge is 0.480 e. The number of hydrogen-bond donors (Lipinski definition) is 4. The minimum absolute atomic E-state index is 0.0113. The Labute approximate surface area is 99.0 Å². The van der Waals surface area contributed by atoms with Crippen molar-refractivity contribution in [3.05, 3.63) is 0 Å². The number of hydrogen-bond acceptors (Lipinski definition) is 4. The Balaban J connectivity index is 2.57. The van der Waals surface area contributed by atoms with Gasteiger partial charge in [0.05, 0.1) is 25.3 Å². The van der Waals surface area contributed by atoms with E-state index in [2.05, 4.69) is 5.32 Å². The molecule has 0 radical (unpaired) electrons. The van der Waals surface area contributed by atoms with E-state index in [1.54, 1.807) is 13.8 Å². The normalized spacial score (nSPS) is 26.1. The molecular formula is C10H18N2O5. The molecule has 0 aromatic heterocycles. The molecule has 0 spiro atoms. The van der Waals surface area contributed by atoms with Gasteiger partial charge in [0.25, 0.3) is 0 Å². The molecular weight excluding hydrogens is 228 g/mol. The van der Waals surface area contributed by atoms with Gasteiger partial charge in [0, 0.05) is 0 Å². The summed E-state index contributed by atoms with van der Waals surface area (Å²) in [6.45, 7) is 3.40. The minimum atomic E-state index is -1.10. The van der Waals surface area contributed by atoms with Crippen molar-refractivity contribution in [1.29, 1.82) is 0 Å². The highest BCUT2D eigenvalue weighted by Gasteiger charge is 2.34. The summed E-state index contributed by atoms with van der Waals surface area (Å²) >= 11 is 0. The molecule has 0 bridgehead atoms. The maximum Gasteiger partial charge on any atom is 0.326 e. The van der Waals surface area contributed by atoms with Crippen molar-refractivity contribution in [2.75, 3.05) is 13.1 Å². The fourth-order valence-electron chi connectivity index (χ4n) is 1.67. The number of carboxylic acids is 1. The van der Waals surface area contributed by atoms with Crippen LogP contribution in [0, 0.1) is 5.92 Å². The molecule has 0 aromatic rings. The third-order valence-electron chi connectivity index (χ3n) is 2.76. The lowest BCUT2D eigenvalue weighted by atomic mass is 10.1. The number of likely N-dealkylation sites (tertiary alicyclic amines) is 1. The molecule has 7 heteroatoms. The van der Waals surface area contributed by atoms with Gasteiger partial charge in [-0.15, -0.1) is 0 Å². The molecule has 0 saturated carbocycles. The summed E-state index contributed by atoms with van der Waals surface area (Å²) in [5.41, 5.74) is 0. The average molecular weight is 246 g/mol. The molecule has 98 valence electrons. The van der Waals surface area contributed by atoms with E-state index < -0.39 is 30.3 Å². The number of carbonyl (C=O) groups excluding carboxylic acids is 1. The number of amides is 2. The standard InChI is InChI=1S/C10H18N2O5/c1-5(2)8(9(15)16)11-10(17)12-3-6(13)7(14)4-12/h5-8,13-14H,3-4H2,1-2H3,(H,11,17)(H,15,16)/t6?,7?,8-/m1/s1. The van der Waals surface area contributed by atoms with Gasteiger partial charge in [-0.2, -0.15) is 0 Å². The Morgan fingerprint density at radius 2 is 1.71 bits per heavy atom. The molecule has 1 heterocycles. The third kappa shape index (κ3) is 3.31. The number of rotatable bonds is 3. The van der Waals surface area contributed by atoms with Crippen LogP contribution in [0.2, 0.25) is 0 Å². The Kier molecular flexibility index (Phi) is 4.30. The van der Waals surface area contributed by atoms with Gasteiger partial charge in [-0.05, 0) is 5.92 Å². The average Bonchev–Trinajstić information content (AvgIpc) is 2.54. The number of nitrogens with one attached hydrogen (secondary N) is 1. The lowest BCUT2D eigenvalue weighted by molar-refractivity contribution is -0.140. The van der Waals surface area contributed by atoms with Crippen molar-refractivity contribution in [3.8, 4) is 0 Å². The topological polar surface area (TPSA) is 110 Å². The van der Waals surface area contributed by atoms with Crippen LogP contribution >= 0.6 is 0 Å². The van der Waals surface area contributed by atoms with Gasteiger partial charge >= 0.3 is 12.0 Å². The first-order valence-corrected chi connectivity index (χ1v) is 5.47. The van der Waals surface area contributed by atoms with E-state index in [0.717, 1.165) is 0 Å². The van der Waals surface area contributed by atoms with E-state index >= 15 is 0 Å². The van der Waals surface area contributed by atoms with Crippen molar-refractivity contribution < 1.29 is 24.9 Å². The fourth-order valence-corrected chi connectivity index (χ4v) is 1.67. The number of carboxylic acid groups (broad SMARTS) is 1. The van der Waals surface area contributed by atoms with Gasteiger partial charge in [0.15, 0.2) is 0 Å². The molecule has 2 unspecified atom stereocenters. The summed E-state index contributed by atoms with van der Waals surface area (Å²) in [5.74, 6) is -1.34. The molecule has 0 aromatic carbocycles. The van der Waals surface area contributed by atoms with Crippen molar-refractivity contribution in [1.82, 2.24) is 10.2 Å². The number of aliphatic carboxylic acids is 1. The Bertz CT molecular complexity index is 297. The fraction of sp³-hybridized carbons (Fsp3) is 0.800. The van der Waals surface area contributed by atoms with Gasteiger partial charge in [-0.3, -0.25) is 0 Å². The number of β-amino-alcohol motifs (C(OH)–C–C–N with tert-alkyl or cyclic N) is 2. The highest BCUT2D eigenvalue weighted by atomic mass is 16.4. The molecule has 4 N–H and O–H groups in total. The van der Waals surface area contributed by atoms with E-state index in [9.17, 15) is 19.8 Å². The van der Waals surface area contributed by atoms with Crippen LogP contribution in [0.5, 0.6) is 0 Å². The summed E-state index contributed by atoms with van der Waals surface area (Å²) in [5, 5.41) is 29.8. The molecule has 1 saturated heterocycles. The smallest absolute Gasteiger partial charge is 0.326 e. The van der Waals surface area contributed by atoms with E-state index in [0.29, 0.717) is 0 Å². The molecule has 1 aliphatic heterocycles. The molecule has 1 fully saturated rings. The number of carbonyl (C=O) groups is 2. The van der Waals surface area contributed by atoms with Gasteiger partial charge < -0.3 is 25.5 Å². The van der Waals surface area contributed by atoms with Crippen molar-refractivity contribution in [2.45, 2.75) is 32.1 Å². The number of nitrogens with zero attached hydrogens (tertiary/aromatic N) is 1. The Morgan fingerprint density at radius 1 is 1.24 bits per heavy atom. The monoisotopic (exact) mass is 246 g/mol. The molecule has 3 atom stereocenters. The lowest BCUT2D eigenvalue weighted by Gasteiger charge is -2.22. The van der Waals surface area contributed by atoms with E-state index in [1.807, 2.05) is 0 Å². The van der Waals surface area contributed by atoms with Crippen LogP contribution in [-0.2, 0) is 4.79 Å². The number of aliphatic hydroxyl groups is 2. The van der Waals surface area contributed by atoms with Crippen LogP contribution in [0.4, 0.5) is 4.79 Å². The second kappa shape index (κ2) is 5.33. The maximum absolute atomic E-state index is 11.7. The van der Waals surface area contributed by atoms with Crippen LogP contribution in [0.3, 0.4) is 0 Å². The molecule has 1 aliphatic rings. The summed E-state index contributed by atoms with van der Waals surface area (Å²) in [6, 6.07) is -1.56. The van der Waals surface area contributed by atoms with Gasteiger partial charge in [0.2, 0.25) is 0 Å². The zero-order valence-corrected chi connectivity index (χ0v) is 9.83. The summed E-state index contributed by atoms with van der Waals surface area (Å²) < 4.78 is 0. The lowest BCUT2D eigenvalue weighted by Crippen LogP contribution is -2.49. The predicted molar refractivity (Wildman–Crippen MR) is 58.4 cm³/mol. The van der Waals surface area contributed by atoms with Crippen LogP contribution in [0.1, 0.15) is 13.8 Å². The predicted octanol–water partition coefficient (Wildman–Crippen LogP) is -1.16. The zero-order valence-electron chi connectivity index (χ0n) is 9.83. The van der Waals surface area contributed by atoms with Gasteiger partial charge in [-0.1, -0.05) is 13.8 Å². The van der Waals surface area contributed by atoms with Crippen LogP contribution in [0.15, 0.2) is 0 Å². The van der Waals surface area contributed by atoms with Gasteiger partial charge in [-0.25, -0.2) is 9.59 Å². The quantitative estimate of drug-likeness (QED) is 0.502. The SMILES string of the molecule is CC(C)[C@@H](NC(=O)N1CC(O)C(O)C1)C(=O)O. The second-order valence-corrected chi connectivity index (χ2v) is 4.55. The highest BCUT2D eigenvalue weighted by Crippen LogP contribution is 2.11. The van der Waals surface area contributed by atoms with Crippen molar-refractivity contribution in [3.63, 3.8) is 0 Å². The van der Waals surface area contributed by atoms with Crippen LogP contribution in [-0.4, -0.2) is 63.6 Å². The zero-order chi connectivity index (χ0) is 13.2. The molecule has 2 amide bonds. The summed E-state index contributed by atoms with van der Waals surface area (Å²) in [7, 11) is 0. The first kappa shape index (κ1) is 13.7. The number of urea groups is 1. The molecule has 17 heavy (non-hydrogen) atoms. The first-order valence-electron chi connectivity index (χ1n) is 5.47. The first-order chi connectivity index (χ1) is 7.82. The number of aliphatic hydroxyl groups excluding tert-OH is 2. The molecule has 7 nitrogen and oxygen atoms in total. The molecule has 1 rings (SSSR count). The van der Waals surface area contributed by atoms with E-state index in [1.165, 1.54) is 4.90 Å². The highest BCUT2D eigenvalue weighted by molar-refractivity contribution is 5.83. The van der Waals surface area contributed by atoms with Crippen LogP contribution in [0.25, 0.3) is 0 Å². The Hall–Kier alpha value is -1.34. The maximum atomic E-state index is 11.7. The van der Waals surface area contributed by atoms with E-state index in [-0.39, 0.29) is 19.0 Å². The Morgan fingerprint density at radius 3 is 2.06 bits per heavy atom. The second-order valence-electron chi connectivity index (χ2n) is 4.55.